The molecule has 0 saturated carbocycles. The van der Waals surface area contributed by atoms with Gasteiger partial charge in [-0.05, 0) is 44.0 Å². The lowest BCUT2D eigenvalue weighted by atomic mass is 9.99. The average Bonchev–Trinajstić information content (AvgIpc) is 2.36. The number of rotatable bonds is 3. The van der Waals surface area contributed by atoms with Gasteiger partial charge in [0.2, 0.25) is 5.91 Å². The molecule has 1 aromatic rings. The van der Waals surface area contributed by atoms with Crippen LogP contribution in [0.4, 0.5) is 0 Å². The molecule has 5 heteroatoms. The van der Waals surface area contributed by atoms with Gasteiger partial charge in [0.15, 0.2) is 0 Å². The highest BCUT2D eigenvalue weighted by Gasteiger charge is 2.22. The Kier molecular flexibility index (Phi) is 5.08. The first-order chi connectivity index (χ1) is 9.06. The molecule has 2 N–H and O–H groups in total. The van der Waals surface area contributed by atoms with Crippen molar-refractivity contribution >= 4 is 29.1 Å². The molecule has 104 valence electrons. The Morgan fingerprint density at radius 2 is 2.26 bits per heavy atom. The van der Waals surface area contributed by atoms with Crippen molar-refractivity contribution < 1.29 is 4.79 Å². The molecule has 1 saturated heterocycles. The Morgan fingerprint density at radius 1 is 1.47 bits per heavy atom. The van der Waals surface area contributed by atoms with Gasteiger partial charge in [0.25, 0.3) is 0 Å². The van der Waals surface area contributed by atoms with Gasteiger partial charge in [-0.25, -0.2) is 0 Å². The Bertz CT molecular complexity index is 465. The zero-order valence-corrected chi connectivity index (χ0v) is 12.4. The summed E-state index contributed by atoms with van der Waals surface area (Å²) in [5.41, 5.74) is 0.806. The zero-order valence-electron chi connectivity index (χ0n) is 10.9. The number of amides is 1. The zero-order chi connectivity index (χ0) is 13.8. The second-order valence-electron chi connectivity index (χ2n) is 4.97. The van der Waals surface area contributed by atoms with Gasteiger partial charge in [-0.3, -0.25) is 4.79 Å². The van der Waals surface area contributed by atoms with E-state index in [9.17, 15) is 4.79 Å². The van der Waals surface area contributed by atoms with Gasteiger partial charge < -0.3 is 10.6 Å². The van der Waals surface area contributed by atoms with Crippen molar-refractivity contribution in [2.75, 3.05) is 6.54 Å². The molecule has 3 nitrogen and oxygen atoms in total. The number of hydrogen-bond donors (Lipinski definition) is 2. The molecule has 2 unspecified atom stereocenters. The quantitative estimate of drug-likeness (QED) is 0.901. The van der Waals surface area contributed by atoms with Crippen LogP contribution in [0.2, 0.25) is 10.0 Å². The predicted octanol–water partition coefficient (Wildman–Crippen LogP) is 2.79. The highest BCUT2D eigenvalue weighted by molar-refractivity contribution is 6.35. The van der Waals surface area contributed by atoms with E-state index in [-0.39, 0.29) is 11.9 Å². The first-order valence-electron chi connectivity index (χ1n) is 6.53. The summed E-state index contributed by atoms with van der Waals surface area (Å²) in [5, 5.41) is 7.55. The molecule has 1 fully saturated rings. The maximum atomic E-state index is 12.0. The first-order valence-corrected chi connectivity index (χ1v) is 7.28. The molecule has 0 aromatic heterocycles. The van der Waals surface area contributed by atoms with E-state index in [1.165, 1.54) is 0 Å². The van der Waals surface area contributed by atoms with Crippen molar-refractivity contribution in [3.05, 3.63) is 33.8 Å². The van der Waals surface area contributed by atoms with Crippen molar-refractivity contribution in [1.29, 1.82) is 0 Å². The summed E-state index contributed by atoms with van der Waals surface area (Å²) in [4.78, 5) is 12.0. The van der Waals surface area contributed by atoms with Crippen molar-refractivity contribution in [2.45, 2.75) is 38.3 Å². The minimum Gasteiger partial charge on any atom is -0.352 e. The molecule has 0 spiro atoms. The molecule has 0 radical (unpaired) electrons. The fourth-order valence-corrected chi connectivity index (χ4v) is 2.81. The van der Waals surface area contributed by atoms with E-state index in [2.05, 4.69) is 17.6 Å². The van der Waals surface area contributed by atoms with E-state index in [0.717, 1.165) is 24.9 Å². The summed E-state index contributed by atoms with van der Waals surface area (Å²) < 4.78 is 0. The van der Waals surface area contributed by atoms with Crippen LogP contribution in [-0.4, -0.2) is 24.5 Å². The maximum absolute atomic E-state index is 12.0. The summed E-state index contributed by atoms with van der Waals surface area (Å²) >= 11 is 11.9. The molecule has 0 bridgehead atoms. The summed E-state index contributed by atoms with van der Waals surface area (Å²) in [6.07, 6.45) is 2.41. The largest absolute Gasteiger partial charge is 0.352 e. The fraction of sp³-hybridized carbons (Fsp3) is 0.500. The standard InChI is InChI=1S/C14H18Cl2N2O/c1-9-13(3-2-6-17-9)18-14(19)7-10-4-5-11(15)8-12(10)16/h4-5,8-9,13,17H,2-3,6-7H2,1H3,(H,18,19). The molecule has 2 atom stereocenters. The fourth-order valence-electron chi connectivity index (χ4n) is 2.34. The summed E-state index contributed by atoms with van der Waals surface area (Å²) in [6, 6.07) is 5.73. The summed E-state index contributed by atoms with van der Waals surface area (Å²) in [5.74, 6) is 0.00442. The smallest absolute Gasteiger partial charge is 0.224 e. The predicted molar refractivity (Wildman–Crippen MR) is 78.8 cm³/mol. The van der Waals surface area contributed by atoms with Gasteiger partial charge >= 0.3 is 0 Å². The number of carbonyl (C=O) groups is 1. The second kappa shape index (κ2) is 6.60. The lowest BCUT2D eigenvalue weighted by Gasteiger charge is -2.30. The van der Waals surface area contributed by atoms with Crippen LogP contribution in [0.1, 0.15) is 25.3 Å². The number of halogens is 2. The van der Waals surface area contributed by atoms with Crippen LogP contribution in [0.5, 0.6) is 0 Å². The highest BCUT2D eigenvalue weighted by Crippen LogP contribution is 2.21. The maximum Gasteiger partial charge on any atom is 0.224 e. The molecule has 1 aliphatic rings. The van der Waals surface area contributed by atoms with Crippen LogP contribution in [-0.2, 0) is 11.2 Å². The molecule has 2 rings (SSSR count). The van der Waals surface area contributed by atoms with Crippen LogP contribution in [0.15, 0.2) is 18.2 Å². The SMILES string of the molecule is CC1NCCCC1NC(=O)Cc1ccc(Cl)cc1Cl. The van der Waals surface area contributed by atoms with E-state index in [0.29, 0.717) is 22.5 Å². The average molecular weight is 301 g/mol. The van der Waals surface area contributed by atoms with Crippen molar-refractivity contribution in [2.24, 2.45) is 0 Å². The Balaban J connectivity index is 1.93. The van der Waals surface area contributed by atoms with Crippen LogP contribution < -0.4 is 10.6 Å². The lowest BCUT2D eigenvalue weighted by molar-refractivity contribution is -0.121. The van der Waals surface area contributed by atoms with Crippen molar-refractivity contribution in [1.82, 2.24) is 10.6 Å². The minimum absolute atomic E-state index is 0.00442. The summed E-state index contributed by atoms with van der Waals surface area (Å²) in [7, 11) is 0. The van der Waals surface area contributed by atoms with E-state index in [1.807, 2.05) is 0 Å². The van der Waals surface area contributed by atoms with Gasteiger partial charge in [-0.15, -0.1) is 0 Å². The van der Waals surface area contributed by atoms with Crippen molar-refractivity contribution in [3.8, 4) is 0 Å². The van der Waals surface area contributed by atoms with E-state index >= 15 is 0 Å². The molecular formula is C14H18Cl2N2O. The monoisotopic (exact) mass is 300 g/mol. The van der Waals surface area contributed by atoms with Gasteiger partial charge in [-0.2, -0.15) is 0 Å². The normalized spacial score (nSPS) is 23.1. The van der Waals surface area contributed by atoms with E-state index < -0.39 is 0 Å². The van der Waals surface area contributed by atoms with Crippen LogP contribution in [0.25, 0.3) is 0 Å². The molecule has 1 aromatic carbocycles. The van der Waals surface area contributed by atoms with Crippen LogP contribution >= 0.6 is 23.2 Å². The Hall–Kier alpha value is -0.770. The number of benzene rings is 1. The highest BCUT2D eigenvalue weighted by atomic mass is 35.5. The third kappa shape index (κ3) is 4.10. The Labute approximate surface area is 123 Å². The number of carbonyl (C=O) groups excluding carboxylic acids is 1. The van der Waals surface area contributed by atoms with E-state index in [1.54, 1.807) is 18.2 Å². The Morgan fingerprint density at radius 3 is 2.95 bits per heavy atom. The number of piperidine rings is 1. The molecule has 0 aliphatic carbocycles. The van der Waals surface area contributed by atoms with Crippen LogP contribution in [0, 0.1) is 0 Å². The molecule has 1 aliphatic heterocycles. The van der Waals surface area contributed by atoms with E-state index in [4.69, 9.17) is 23.2 Å². The molecule has 1 heterocycles. The van der Waals surface area contributed by atoms with Gasteiger partial charge in [0.05, 0.1) is 6.42 Å². The third-order valence-electron chi connectivity index (χ3n) is 3.47. The van der Waals surface area contributed by atoms with Gasteiger partial charge in [0.1, 0.15) is 0 Å². The lowest BCUT2D eigenvalue weighted by Crippen LogP contribution is -2.52. The second-order valence-corrected chi connectivity index (χ2v) is 5.82. The number of nitrogens with one attached hydrogen (secondary N) is 2. The van der Waals surface area contributed by atoms with Gasteiger partial charge in [-0.1, -0.05) is 29.3 Å². The third-order valence-corrected chi connectivity index (χ3v) is 4.06. The molecule has 1 amide bonds. The summed E-state index contributed by atoms with van der Waals surface area (Å²) in [6.45, 7) is 3.12. The minimum atomic E-state index is 0.00442. The molecule has 19 heavy (non-hydrogen) atoms. The molecular weight excluding hydrogens is 283 g/mol. The van der Waals surface area contributed by atoms with Crippen molar-refractivity contribution in [3.63, 3.8) is 0 Å². The van der Waals surface area contributed by atoms with Crippen LogP contribution in [0.3, 0.4) is 0 Å². The topological polar surface area (TPSA) is 41.1 Å². The van der Waals surface area contributed by atoms with Gasteiger partial charge in [0, 0.05) is 22.1 Å². The first kappa shape index (κ1) is 14.6. The number of hydrogen-bond acceptors (Lipinski definition) is 2.